The summed E-state index contributed by atoms with van der Waals surface area (Å²) in [5.74, 6) is 1.47. The third kappa shape index (κ3) is 3.55. The van der Waals surface area contributed by atoms with Gasteiger partial charge in [-0.2, -0.15) is 0 Å². The van der Waals surface area contributed by atoms with Gasteiger partial charge >= 0.3 is 6.09 Å². The second kappa shape index (κ2) is 8.26. The van der Waals surface area contributed by atoms with Crippen molar-refractivity contribution in [1.29, 1.82) is 0 Å². The summed E-state index contributed by atoms with van der Waals surface area (Å²) in [6.45, 7) is 8.36. The molecule has 2 atom stereocenters. The second-order valence-electron chi connectivity index (χ2n) is 11.0. The number of amides is 1. The highest BCUT2D eigenvalue weighted by molar-refractivity contribution is 5.81. The third-order valence-corrected chi connectivity index (χ3v) is 8.11. The number of anilines is 1. The van der Waals surface area contributed by atoms with Crippen molar-refractivity contribution in [2.75, 3.05) is 24.5 Å². The molecule has 0 bridgehead atoms. The van der Waals surface area contributed by atoms with E-state index < -0.39 is 11.6 Å². The number of nitrogens with zero attached hydrogens (tertiary/aromatic N) is 6. The van der Waals surface area contributed by atoms with Gasteiger partial charge in [-0.05, 0) is 60.4 Å². The van der Waals surface area contributed by atoms with Crippen LogP contribution in [0.15, 0.2) is 60.9 Å². The standard InChI is InChI=1S/C28H29FN6O2/c1-27(2,3)28-17-33(15-12-19(28)16-34(28)26(36)37)23-9-8-22-25(32-23)35(21-10-13-30-14-11-21)24(31-22)18-4-6-20(29)7-5-18/h4-11,13-14,19H,12,15-17H2,1-3H3,(H,36,37)/t19-,28+/m1/s1. The Labute approximate surface area is 214 Å². The molecule has 0 spiro atoms. The van der Waals surface area contributed by atoms with E-state index in [4.69, 9.17) is 9.97 Å². The maximum absolute atomic E-state index is 13.7. The molecule has 2 aliphatic rings. The maximum Gasteiger partial charge on any atom is 0.407 e. The van der Waals surface area contributed by atoms with Crippen molar-refractivity contribution < 1.29 is 14.3 Å². The van der Waals surface area contributed by atoms with Crippen LogP contribution in [0.5, 0.6) is 0 Å². The molecule has 1 aromatic carbocycles. The molecule has 0 saturated carbocycles. The van der Waals surface area contributed by atoms with Gasteiger partial charge in [0.15, 0.2) is 5.65 Å². The number of aromatic nitrogens is 4. The van der Waals surface area contributed by atoms with Crippen LogP contribution in [0.4, 0.5) is 15.0 Å². The molecule has 2 saturated heterocycles. The van der Waals surface area contributed by atoms with Crippen molar-refractivity contribution in [1.82, 2.24) is 24.4 Å². The average molecular weight is 501 g/mol. The summed E-state index contributed by atoms with van der Waals surface area (Å²) in [5, 5.41) is 9.94. The van der Waals surface area contributed by atoms with Gasteiger partial charge < -0.3 is 10.0 Å². The Bertz CT molecular complexity index is 1480. The highest BCUT2D eigenvalue weighted by Gasteiger charge is 2.63. The van der Waals surface area contributed by atoms with E-state index in [0.717, 1.165) is 35.6 Å². The Morgan fingerprint density at radius 1 is 1.05 bits per heavy atom. The number of rotatable bonds is 3. The van der Waals surface area contributed by atoms with E-state index in [2.05, 4.69) is 30.7 Å². The summed E-state index contributed by atoms with van der Waals surface area (Å²) < 4.78 is 15.6. The SMILES string of the molecule is CC(C)(C)[C@]12CN(c3ccc4nc(-c5ccc(F)cc5)n(-c5ccncc5)c4n3)CC[C@@H]1CN2C(=O)O. The fraction of sp³-hybridized carbons (Fsp3) is 0.357. The number of piperidine rings is 1. The van der Waals surface area contributed by atoms with Crippen LogP contribution in [-0.4, -0.2) is 60.8 Å². The summed E-state index contributed by atoms with van der Waals surface area (Å²) in [6, 6.07) is 14.0. The molecule has 5 heterocycles. The number of hydrogen-bond donors (Lipinski definition) is 1. The van der Waals surface area contributed by atoms with E-state index in [1.54, 1.807) is 29.4 Å². The first kappa shape index (κ1) is 23.4. The molecule has 9 heteroatoms. The van der Waals surface area contributed by atoms with Gasteiger partial charge in [-0.25, -0.2) is 19.2 Å². The lowest BCUT2D eigenvalue weighted by Gasteiger charge is -2.67. The monoisotopic (exact) mass is 500 g/mol. The zero-order chi connectivity index (χ0) is 25.9. The molecule has 2 fully saturated rings. The van der Waals surface area contributed by atoms with Gasteiger partial charge in [0, 0.05) is 43.5 Å². The van der Waals surface area contributed by atoms with Crippen LogP contribution in [0, 0.1) is 17.2 Å². The number of pyridine rings is 2. The van der Waals surface area contributed by atoms with E-state index in [1.165, 1.54) is 12.1 Å². The molecule has 0 unspecified atom stereocenters. The Balaban J connectivity index is 1.47. The number of carboxylic acid groups (broad SMARTS) is 1. The van der Waals surface area contributed by atoms with Crippen molar-refractivity contribution in [3.8, 4) is 17.1 Å². The van der Waals surface area contributed by atoms with Crippen molar-refractivity contribution in [2.24, 2.45) is 11.3 Å². The molecule has 2 aliphatic heterocycles. The highest BCUT2D eigenvalue weighted by Crippen LogP contribution is 2.53. The molecule has 1 N–H and O–H groups in total. The lowest BCUT2D eigenvalue weighted by Crippen LogP contribution is -2.79. The fourth-order valence-electron chi connectivity index (χ4n) is 6.22. The van der Waals surface area contributed by atoms with Crippen LogP contribution < -0.4 is 4.90 Å². The minimum Gasteiger partial charge on any atom is -0.465 e. The van der Waals surface area contributed by atoms with Gasteiger partial charge in [0.1, 0.15) is 23.0 Å². The number of hydrogen-bond acceptors (Lipinski definition) is 5. The van der Waals surface area contributed by atoms with E-state index in [1.807, 2.05) is 28.8 Å². The molecule has 8 nitrogen and oxygen atoms in total. The molecule has 0 radical (unpaired) electrons. The largest absolute Gasteiger partial charge is 0.465 e. The summed E-state index contributed by atoms with van der Waals surface area (Å²) in [6.07, 6.45) is 3.48. The zero-order valence-corrected chi connectivity index (χ0v) is 21.1. The Hall–Kier alpha value is -4.01. The Kier molecular flexibility index (Phi) is 5.22. The molecule has 37 heavy (non-hydrogen) atoms. The first-order chi connectivity index (χ1) is 17.7. The van der Waals surface area contributed by atoms with Gasteiger partial charge in [-0.3, -0.25) is 14.5 Å². The predicted molar refractivity (Wildman–Crippen MR) is 139 cm³/mol. The van der Waals surface area contributed by atoms with Gasteiger partial charge in [-0.15, -0.1) is 0 Å². The van der Waals surface area contributed by atoms with E-state index in [0.29, 0.717) is 30.5 Å². The Morgan fingerprint density at radius 3 is 2.46 bits per heavy atom. The van der Waals surface area contributed by atoms with Gasteiger partial charge in [0.2, 0.25) is 0 Å². The van der Waals surface area contributed by atoms with Crippen molar-refractivity contribution in [3.63, 3.8) is 0 Å². The minimum atomic E-state index is -0.865. The van der Waals surface area contributed by atoms with E-state index >= 15 is 0 Å². The van der Waals surface area contributed by atoms with Crippen molar-refractivity contribution in [3.05, 3.63) is 66.7 Å². The van der Waals surface area contributed by atoms with Crippen molar-refractivity contribution in [2.45, 2.75) is 32.7 Å². The molecule has 4 aromatic rings. The number of likely N-dealkylation sites (tertiary alicyclic amines) is 1. The molecular weight excluding hydrogens is 471 g/mol. The average Bonchev–Trinajstić information content (AvgIpc) is 3.23. The van der Waals surface area contributed by atoms with Crippen LogP contribution in [0.1, 0.15) is 27.2 Å². The highest BCUT2D eigenvalue weighted by atomic mass is 19.1. The summed E-state index contributed by atoms with van der Waals surface area (Å²) in [5.41, 5.74) is 2.32. The fourth-order valence-corrected chi connectivity index (χ4v) is 6.22. The first-order valence-electron chi connectivity index (χ1n) is 12.5. The van der Waals surface area contributed by atoms with Crippen LogP contribution in [0.25, 0.3) is 28.2 Å². The Morgan fingerprint density at radius 2 is 1.78 bits per heavy atom. The predicted octanol–water partition coefficient (Wildman–Crippen LogP) is 5.23. The number of benzene rings is 1. The first-order valence-corrected chi connectivity index (χ1v) is 12.5. The smallest absolute Gasteiger partial charge is 0.407 e. The summed E-state index contributed by atoms with van der Waals surface area (Å²) in [7, 11) is 0. The molecule has 0 aliphatic carbocycles. The second-order valence-corrected chi connectivity index (χ2v) is 11.0. The van der Waals surface area contributed by atoms with E-state index in [9.17, 15) is 14.3 Å². The normalized spacial score (nSPS) is 21.6. The molecule has 3 aromatic heterocycles. The molecular formula is C28H29FN6O2. The number of imidazole rings is 1. The van der Waals surface area contributed by atoms with Crippen LogP contribution in [-0.2, 0) is 0 Å². The molecule has 6 rings (SSSR count). The van der Waals surface area contributed by atoms with Crippen LogP contribution in [0.3, 0.4) is 0 Å². The minimum absolute atomic E-state index is 0.231. The number of fused-ring (bicyclic) bond motifs is 2. The van der Waals surface area contributed by atoms with Crippen molar-refractivity contribution >= 4 is 23.1 Å². The van der Waals surface area contributed by atoms with Gasteiger partial charge in [0.05, 0.1) is 11.2 Å². The summed E-state index contributed by atoms with van der Waals surface area (Å²) >= 11 is 0. The van der Waals surface area contributed by atoms with E-state index in [-0.39, 0.29) is 11.2 Å². The topological polar surface area (TPSA) is 87.4 Å². The van der Waals surface area contributed by atoms with Crippen LogP contribution in [0.2, 0.25) is 0 Å². The lowest BCUT2D eigenvalue weighted by molar-refractivity contribution is -0.132. The number of carbonyl (C=O) groups is 1. The molecule has 190 valence electrons. The third-order valence-electron chi connectivity index (χ3n) is 8.11. The van der Waals surface area contributed by atoms with Gasteiger partial charge in [0.25, 0.3) is 0 Å². The quantitative estimate of drug-likeness (QED) is 0.415. The summed E-state index contributed by atoms with van der Waals surface area (Å²) in [4.78, 5) is 30.0. The molecule has 1 amide bonds. The van der Waals surface area contributed by atoms with Crippen LogP contribution >= 0.6 is 0 Å². The maximum atomic E-state index is 13.7. The number of halogens is 1. The lowest BCUT2D eigenvalue weighted by atomic mass is 9.57. The van der Waals surface area contributed by atoms with Gasteiger partial charge in [-0.1, -0.05) is 20.8 Å². The zero-order valence-electron chi connectivity index (χ0n) is 21.1.